The van der Waals surface area contributed by atoms with Crippen molar-refractivity contribution in [2.45, 2.75) is 17.1 Å². The fourth-order valence-corrected chi connectivity index (χ4v) is 5.45. The molecule has 1 aromatic heterocycles. The highest BCUT2D eigenvalue weighted by Crippen LogP contribution is 2.31. The number of thiophene rings is 1. The third kappa shape index (κ3) is 3.95. The van der Waals surface area contributed by atoms with Gasteiger partial charge in [-0.1, -0.05) is 24.3 Å². The van der Waals surface area contributed by atoms with E-state index in [2.05, 4.69) is 4.72 Å². The number of sulfone groups is 1. The van der Waals surface area contributed by atoms with Crippen LogP contribution >= 0.6 is 11.3 Å². The van der Waals surface area contributed by atoms with Gasteiger partial charge in [0.2, 0.25) is 10.0 Å². The zero-order valence-electron chi connectivity index (χ0n) is 12.0. The van der Waals surface area contributed by atoms with Crippen molar-refractivity contribution in [3.63, 3.8) is 0 Å². The SMILES string of the molecule is CCS(=O)(=O)NCC(c1cccs1)S(=O)(=O)c1ccccc1. The largest absolute Gasteiger partial charge is 0.223 e. The molecule has 1 atom stereocenters. The summed E-state index contributed by atoms with van der Waals surface area (Å²) in [5.74, 6) is -0.0878. The van der Waals surface area contributed by atoms with Gasteiger partial charge in [0.15, 0.2) is 9.84 Å². The van der Waals surface area contributed by atoms with Crippen LogP contribution in [0.5, 0.6) is 0 Å². The van der Waals surface area contributed by atoms with Crippen molar-refractivity contribution >= 4 is 31.2 Å². The van der Waals surface area contributed by atoms with Crippen LogP contribution in [0.15, 0.2) is 52.7 Å². The lowest BCUT2D eigenvalue weighted by atomic mass is 10.3. The zero-order chi connectivity index (χ0) is 16.2. The van der Waals surface area contributed by atoms with E-state index >= 15 is 0 Å². The summed E-state index contributed by atoms with van der Waals surface area (Å²) >= 11 is 1.30. The topological polar surface area (TPSA) is 80.3 Å². The third-order valence-corrected chi connectivity index (χ3v) is 7.78. The molecule has 0 saturated heterocycles. The molecule has 0 radical (unpaired) electrons. The maximum atomic E-state index is 12.8. The number of hydrogen-bond acceptors (Lipinski definition) is 5. The summed E-state index contributed by atoms with van der Waals surface area (Å²) in [4.78, 5) is 0.798. The van der Waals surface area contributed by atoms with E-state index in [0.717, 1.165) is 0 Å². The molecule has 0 fully saturated rings. The van der Waals surface area contributed by atoms with E-state index in [-0.39, 0.29) is 17.2 Å². The summed E-state index contributed by atoms with van der Waals surface area (Å²) < 4.78 is 51.3. The highest BCUT2D eigenvalue weighted by atomic mass is 32.2. The molecule has 0 aliphatic carbocycles. The molecule has 2 aromatic rings. The van der Waals surface area contributed by atoms with Gasteiger partial charge in [0, 0.05) is 11.4 Å². The summed E-state index contributed by atoms with van der Waals surface area (Å²) in [6, 6.07) is 11.5. The van der Waals surface area contributed by atoms with Gasteiger partial charge in [0.1, 0.15) is 5.25 Å². The van der Waals surface area contributed by atoms with E-state index < -0.39 is 25.1 Å². The number of benzene rings is 1. The monoisotopic (exact) mass is 359 g/mol. The van der Waals surface area contributed by atoms with Gasteiger partial charge in [-0.15, -0.1) is 11.3 Å². The molecule has 8 heteroatoms. The van der Waals surface area contributed by atoms with E-state index in [1.807, 2.05) is 0 Å². The van der Waals surface area contributed by atoms with E-state index in [0.29, 0.717) is 4.88 Å². The van der Waals surface area contributed by atoms with Crippen molar-refractivity contribution in [2.75, 3.05) is 12.3 Å². The summed E-state index contributed by atoms with van der Waals surface area (Å²) in [6.45, 7) is 1.34. The van der Waals surface area contributed by atoms with Crippen LogP contribution in [0.1, 0.15) is 17.1 Å². The second kappa shape index (κ2) is 6.91. The lowest BCUT2D eigenvalue weighted by Gasteiger charge is -2.17. The van der Waals surface area contributed by atoms with Crippen molar-refractivity contribution in [3.8, 4) is 0 Å². The van der Waals surface area contributed by atoms with E-state index in [1.54, 1.807) is 35.7 Å². The van der Waals surface area contributed by atoms with E-state index in [4.69, 9.17) is 0 Å². The van der Waals surface area contributed by atoms with Crippen molar-refractivity contribution in [3.05, 3.63) is 52.7 Å². The van der Waals surface area contributed by atoms with Crippen molar-refractivity contribution in [2.24, 2.45) is 0 Å². The quantitative estimate of drug-likeness (QED) is 0.822. The summed E-state index contributed by atoms with van der Waals surface area (Å²) in [7, 11) is -7.13. The van der Waals surface area contributed by atoms with Crippen molar-refractivity contribution in [1.82, 2.24) is 4.72 Å². The van der Waals surface area contributed by atoms with Crippen molar-refractivity contribution < 1.29 is 16.8 Å². The van der Waals surface area contributed by atoms with Crippen molar-refractivity contribution in [1.29, 1.82) is 0 Å². The molecule has 1 unspecified atom stereocenters. The summed E-state index contributed by atoms with van der Waals surface area (Å²) in [5, 5.41) is 0.841. The molecule has 120 valence electrons. The Morgan fingerprint density at radius 2 is 1.73 bits per heavy atom. The predicted molar refractivity (Wildman–Crippen MR) is 88.2 cm³/mol. The molecule has 0 amide bonds. The van der Waals surface area contributed by atoms with Gasteiger partial charge in [-0.3, -0.25) is 0 Å². The molecule has 1 N–H and O–H groups in total. The smallest absolute Gasteiger partial charge is 0.211 e. The molecule has 1 aromatic carbocycles. The molecular weight excluding hydrogens is 342 g/mol. The number of hydrogen-bond donors (Lipinski definition) is 1. The highest BCUT2D eigenvalue weighted by Gasteiger charge is 2.30. The highest BCUT2D eigenvalue weighted by molar-refractivity contribution is 7.92. The van der Waals surface area contributed by atoms with Crippen LogP contribution in [-0.2, 0) is 19.9 Å². The molecule has 22 heavy (non-hydrogen) atoms. The van der Waals surface area contributed by atoms with Crippen LogP contribution in [0.25, 0.3) is 0 Å². The first-order valence-corrected chi connectivity index (χ1v) is 10.7. The average Bonchev–Trinajstić information content (AvgIpc) is 3.02. The maximum absolute atomic E-state index is 12.8. The van der Waals surface area contributed by atoms with Crippen LogP contribution in [0.3, 0.4) is 0 Å². The molecule has 1 heterocycles. The Labute approximate surface area is 135 Å². The Bertz CT molecular complexity index is 797. The minimum atomic E-state index is -3.67. The van der Waals surface area contributed by atoms with Gasteiger partial charge in [-0.05, 0) is 30.5 Å². The Balaban J connectivity index is 2.38. The van der Waals surface area contributed by atoms with Gasteiger partial charge in [-0.25, -0.2) is 21.6 Å². The minimum absolute atomic E-state index is 0.0878. The summed E-state index contributed by atoms with van der Waals surface area (Å²) in [5.41, 5.74) is 0. The fraction of sp³-hybridized carbons (Fsp3) is 0.286. The normalized spacial score (nSPS) is 13.9. The van der Waals surface area contributed by atoms with Crippen LogP contribution in [0.2, 0.25) is 0 Å². The molecule has 0 saturated carbocycles. The van der Waals surface area contributed by atoms with Crippen LogP contribution in [0, 0.1) is 0 Å². The van der Waals surface area contributed by atoms with E-state index in [1.165, 1.54) is 30.4 Å². The Morgan fingerprint density at radius 1 is 1.05 bits per heavy atom. The number of sulfonamides is 1. The van der Waals surface area contributed by atoms with E-state index in [9.17, 15) is 16.8 Å². The first-order valence-electron chi connectivity index (χ1n) is 6.66. The molecule has 5 nitrogen and oxygen atoms in total. The first-order chi connectivity index (χ1) is 10.4. The van der Waals surface area contributed by atoms with Gasteiger partial charge < -0.3 is 0 Å². The van der Waals surface area contributed by atoms with Gasteiger partial charge in [-0.2, -0.15) is 0 Å². The predicted octanol–water partition coefficient (Wildman–Crippen LogP) is 2.20. The second-order valence-electron chi connectivity index (χ2n) is 4.61. The minimum Gasteiger partial charge on any atom is -0.223 e. The summed E-state index contributed by atoms with van der Waals surface area (Å²) in [6.07, 6.45) is 0. The van der Waals surface area contributed by atoms with Gasteiger partial charge >= 0.3 is 0 Å². The molecule has 0 spiro atoms. The van der Waals surface area contributed by atoms with Gasteiger partial charge in [0.05, 0.1) is 10.6 Å². The molecule has 0 aliphatic heterocycles. The average molecular weight is 359 g/mol. The lowest BCUT2D eigenvalue weighted by Crippen LogP contribution is -2.32. The second-order valence-corrected chi connectivity index (χ2v) is 9.82. The van der Waals surface area contributed by atoms with Crippen LogP contribution in [-0.4, -0.2) is 29.1 Å². The molecule has 0 bridgehead atoms. The molecular formula is C14H17NO4S3. The molecule has 0 aliphatic rings. The molecule has 2 rings (SSSR count). The zero-order valence-corrected chi connectivity index (χ0v) is 14.4. The third-order valence-electron chi connectivity index (χ3n) is 3.18. The Hall–Kier alpha value is -1.22. The van der Waals surface area contributed by atoms with Gasteiger partial charge in [0.25, 0.3) is 0 Å². The number of nitrogens with one attached hydrogen (secondary N) is 1. The lowest BCUT2D eigenvalue weighted by molar-refractivity contribution is 0.570. The standard InChI is InChI=1S/C14H17NO4S3/c1-2-21(16,17)15-11-14(13-9-6-10-20-13)22(18,19)12-7-4-3-5-8-12/h3-10,14-15H,2,11H2,1H3. The fourth-order valence-electron chi connectivity index (χ4n) is 1.92. The Kier molecular flexibility index (Phi) is 5.38. The number of rotatable bonds is 7. The Morgan fingerprint density at radius 3 is 2.27 bits per heavy atom. The first kappa shape index (κ1) is 17.1. The van der Waals surface area contributed by atoms with Crippen LogP contribution < -0.4 is 4.72 Å². The maximum Gasteiger partial charge on any atom is 0.211 e. The van der Waals surface area contributed by atoms with Crippen LogP contribution in [0.4, 0.5) is 0 Å².